The summed E-state index contributed by atoms with van der Waals surface area (Å²) >= 11 is 1.31. The highest BCUT2D eigenvalue weighted by atomic mass is 32.1. The first kappa shape index (κ1) is 15.1. The van der Waals surface area contributed by atoms with Gasteiger partial charge in [-0.3, -0.25) is 9.59 Å². The van der Waals surface area contributed by atoms with Crippen LogP contribution in [0.4, 0.5) is 0 Å². The maximum absolute atomic E-state index is 12.1. The van der Waals surface area contributed by atoms with E-state index in [4.69, 9.17) is 9.84 Å². The Morgan fingerprint density at radius 2 is 2.00 bits per heavy atom. The molecule has 5 nitrogen and oxygen atoms in total. The number of amides is 1. The van der Waals surface area contributed by atoms with Crippen molar-refractivity contribution in [1.82, 2.24) is 5.32 Å². The van der Waals surface area contributed by atoms with Gasteiger partial charge in [0.1, 0.15) is 5.75 Å². The lowest BCUT2D eigenvalue weighted by atomic mass is 10.0. The van der Waals surface area contributed by atoms with Gasteiger partial charge in [0, 0.05) is 0 Å². The minimum atomic E-state index is -0.970. The average Bonchev–Trinajstić information content (AvgIpc) is 3.00. The molecule has 21 heavy (non-hydrogen) atoms. The molecular formula is C15H15NO4S. The fourth-order valence-corrected chi connectivity index (χ4v) is 2.53. The number of thiophene rings is 1. The SMILES string of the molecule is COc1ccc([C@@H](CC(=O)O)NC(=O)c2cccs2)cc1. The van der Waals surface area contributed by atoms with E-state index in [9.17, 15) is 9.59 Å². The lowest BCUT2D eigenvalue weighted by Crippen LogP contribution is -2.29. The summed E-state index contributed by atoms with van der Waals surface area (Å²) in [6.07, 6.45) is -0.177. The Kier molecular flexibility index (Phi) is 4.94. The van der Waals surface area contributed by atoms with Crippen LogP contribution in [-0.4, -0.2) is 24.1 Å². The van der Waals surface area contributed by atoms with Crippen molar-refractivity contribution in [2.24, 2.45) is 0 Å². The van der Waals surface area contributed by atoms with Crippen molar-refractivity contribution < 1.29 is 19.4 Å². The second kappa shape index (κ2) is 6.90. The van der Waals surface area contributed by atoms with E-state index in [-0.39, 0.29) is 12.3 Å². The van der Waals surface area contributed by atoms with Gasteiger partial charge in [-0.1, -0.05) is 18.2 Å². The molecule has 0 bridgehead atoms. The van der Waals surface area contributed by atoms with Crippen molar-refractivity contribution in [3.05, 3.63) is 52.2 Å². The van der Waals surface area contributed by atoms with E-state index in [1.807, 2.05) is 0 Å². The fourth-order valence-electron chi connectivity index (χ4n) is 1.90. The number of hydrogen-bond acceptors (Lipinski definition) is 4. The first-order valence-electron chi connectivity index (χ1n) is 6.30. The Morgan fingerprint density at radius 1 is 1.29 bits per heavy atom. The third-order valence-electron chi connectivity index (χ3n) is 2.95. The maximum Gasteiger partial charge on any atom is 0.305 e. The molecule has 0 fully saturated rings. The number of carbonyl (C=O) groups excluding carboxylic acids is 1. The van der Waals surface area contributed by atoms with Crippen molar-refractivity contribution in [2.75, 3.05) is 7.11 Å². The molecule has 2 rings (SSSR count). The van der Waals surface area contributed by atoms with E-state index in [1.165, 1.54) is 11.3 Å². The molecule has 1 amide bonds. The van der Waals surface area contributed by atoms with Gasteiger partial charge in [-0.25, -0.2) is 0 Å². The molecule has 0 saturated heterocycles. The standard InChI is InChI=1S/C15H15NO4S/c1-20-11-6-4-10(5-7-11)12(9-14(17)18)16-15(19)13-3-2-8-21-13/h2-8,12H,9H2,1H3,(H,16,19)(H,17,18)/t12-/m1/s1. The number of methoxy groups -OCH3 is 1. The third kappa shape index (κ3) is 4.06. The molecule has 1 aromatic heterocycles. The predicted molar refractivity (Wildman–Crippen MR) is 79.8 cm³/mol. The van der Waals surface area contributed by atoms with Gasteiger partial charge in [-0.2, -0.15) is 0 Å². The zero-order valence-electron chi connectivity index (χ0n) is 11.4. The van der Waals surface area contributed by atoms with Gasteiger partial charge in [0.05, 0.1) is 24.4 Å². The average molecular weight is 305 g/mol. The third-order valence-corrected chi connectivity index (χ3v) is 3.82. The molecule has 0 aliphatic rings. The van der Waals surface area contributed by atoms with E-state index in [0.29, 0.717) is 10.6 Å². The topological polar surface area (TPSA) is 75.6 Å². The highest BCUT2D eigenvalue weighted by Crippen LogP contribution is 2.21. The summed E-state index contributed by atoms with van der Waals surface area (Å²) in [6, 6.07) is 9.87. The van der Waals surface area contributed by atoms with Gasteiger partial charge in [0.2, 0.25) is 0 Å². The molecule has 0 radical (unpaired) electrons. The Bertz CT molecular complexity index is 607. The second-order valence-corrected chi connectivity index (χ2v) is 5.32. The van der Waals surface area contributed by atoms with Crippen molar-refractivity contribution in [3.8, 4) is 5.75 Å². The predicted octanol–water partition coefficient (Wildman–Crippen LogP) is 2.70. The van der Waals surface area contributed by atoms with E-state index < -0.39 is 12.0 Å². The number of aliphatic carboxylic acids is 1. The quantitative estimate of drug-likeness (QED) is 0.860. The van der Waals surface area contributed by atoms with Crippen molar-refractivity contribution >= 4 is 23.2 Å². The number of nitrogens with one attached hydrogen (secondary N) is 1. The van der Waals surface area contributed by atoms with Gasteiger partial charge in [-0.05, 0) is 29.1 Å². The monoisotopic (exact) mass is 305 g/mol. The number of benzene rings is 1. The molecule has 0 spiro atoms. The molecule has 0 aliphatic carbocycles. The van der Waals surface area contributed by atoms with Crippen LogP contribution in [0.15, 0.2) is 41.8 Å². The molecule has 110 valence electrons. The molecule has 1 aromatic carbocycles. The molecule has 2 N–H and O–H groups in total. The number of hydrogen-bond donors (Lipinski definition) is 2. The minimum absolute atomic E-state index is 0.177. The number of rotatable bonds is 6. The van der Waals surface area contributed by atoms with Crippen LogP contribution in [0.25, 0.3) is 0 Å². The van der Waals surface area contributed by atoms with Crippen LogP contribution in [0.1, 0.15) is 27.7 Å². The zero-order valence-corrected chi connectivity index (χ0v) is 12.2. The summed E-state index contributed by atoms with van der Waals surface area (Å²) < 4.78 is 5.07. The molecule has 2 aromatic rings. The highest BCUT2D eigenvalue weighted by molar-refractivity contribution is 7.12. The van der Waals surface area contributed by atoms with Crippen LogP contribution >= 0.6 is 11.3 Å². The first-order valence-corrected chi connectivity index (χ1v) is 7.18. The van der Waals surface area contributed by atoms with Gasteiger partial charge in [0.15, 0.2) is 0 Å². The lowest BCUT2D eigenvalue weighted by molar-refractivity contribution is -0.137. The molecular weight excluding hydrogens is 290 g/mol. The highest BCUT2D eigenvalue weighted by Gasteiger charge is 2.19. The van der Waals surface area contributed by atoms with E-state index in [0.717, 1.165) is 5.56 Å². The Morgan fingerprint density at radius 3 is 2.52 bits per heavy atom. The van der Waals surface area contributed by atoms with Crippen LogP contribution in [0, 0.1) is 0 Å². The van der Waals surface area contributed by atoms with Gasteiger partial charge >= 0.3 is 5.97 Å². The van der Waals surface area contributed by atoms with Crippen LogP contribution in [-0.2, 0) is 4.79 Å². The minimum Gasteiger partial charge on any atom is -0.497 e. The van der Waals surface area contributed by atoms with E-state index in [2.05, 4.69) is 5.32 Å². The maximum atomic E-state index is 12.1. The van der Waals surface area contributed by atoms with Crippen LogP contribution in [0.3, 0.4) is 0 Å². The molecule has 6 heteroatoms. The number of carboxylic acids is 1. The van der Waals surface area contributed by atoms with Crippen LogP contribution < -0.4 is 10.1 Å². The number of carbonyl (C=O) groups is 2. The normalized spacial score (nSPS) is 11.7. The Hall–Kier alpha value is -2.34. The van der Waals surface area contributed by atoms with Crippen molar-refractivity contribution in [1.29, 1.82) is 0 Å². The Balaban J connectivity index is 2.17. The van der Waals surface area contributed by atoms with E-state index >= 15 is 0 Å². The summed E-state index contributed by atoms with van der Waals surface area (Å²) in [5.74, 6) is -0.563. The van der Waals surface area contributed by atoms with Gasteiger partial charge < -0.3 is 15.2 Å². The molecule has 0 aliphatic heterocycles. The molecule has 1 heterocycles. The van der Waals surface area contributed by atoms with Crippen LogP contribution in [0.2, 0.25) is 0 Å². The summed E-state index contributed by atoms with van der Waals surface area (Å²) in [4.78, 5) is 23.6. The Labute approximate surface area is 126 Å². The zero-order chi connectivity index (χ0) is 15.2. The smallest absolute Gasteiger partial charge is 0.305 e. The molecule has 0 unspecified atom stereocenters. The lowest BCUT2D eigenvalue weighted by Gasteiger charge is -2.17. The molecule has 0 saturated carbocycles. The molecule has 1 atom stereocenters. The van der Waals surface area contributed by atoms with Crippen LogP contribution in [0.5, 0.6) is 5.75 Å². The first-order chi connectivity index (χ1) is 10.1. The summed E-state index contributed by atoms with van der Waals surface area (Å²) in [5, 5.41) is 13.6. The van der Waals surface area contributed by atoms with Gasteiger partial charge in [0.25, 0.3) is 5.91 Å². The summed E-state index contributed by atoms with van der Waals surface area (Å²) in [6.45, 7) is 0. The fraction of sp³-hybridized carbons (Fsp3) is 0.200. The van der Waals surface area contributed by atoms with Crippen molar-refractivity contribution in [2.45, 2.75) is 12.5 Å². The van der Waals surface area contributed by atoms with Gasteiger partial charge in [-0.15, -0.1) is 11.3 Å². The number of carboxylic acid groups (broad SMARTS) is 1. The second-order valence-electron chi connectivity index (χ2n) is 4.37. The van der Waals surface area contributed by atoms with E-state index in [1.54, 1.807) is 48.9 Å². The summed E-state index contributed by atoms with van der Waals surface area (Å²) in [7, 11) is 1.56. The van der Waals surface area contributed by atoms with Crippen molar-refractivity contribution in [3.63, 3.8) is 0 Å². The summed E-state index contributed by atoms with van der Waals surface area (Å²) in [5.41, 5.74) is 0.725. The largest absolute Gasteiger partial charge is 0.497 e. The number of ether oxygens (including phenoxy) is 1.